The Morgan fingerprint density at radius 1 is 1.38 bits per heavy atom. The second-order valence-corrected chi connectivity index (χ2v) is 8.33. The second-order valence-electron chi connectivity index (χ2n) is 8.33. The van der Waals surface area contributed by atoms with Crippen molar-refractivity contribution >= 4 is 5.91 Å². The molecule has 0 aliphatic heterocycles. The smallest absolute Gasteiger partial charge is 0.225 e. The highest BCUT2D eigenvalue weighted by atomic mass is 16.2. The zero-order valence-corrected chi connectivity index (χ0v) is 14.9. The molecule has 1 N–H and O–H groups in total. The van der Waals surface area contributed by atoms with Gasteiger partial charge in [-0.15, -0.1) is 5.10 Å². The molecule has 6 heteroatoms. The maximum Gasteiger partial charge on any atom is 0.225 e. The second kappa shape index (κ2) is 6.19. The van der Waals surface area contributed by atoms with Crippen LogP contribution in [0.1, 0.15) is 77.5 Å². The number of nitriles is 1. The lowest BCUT2D eigenvalue weighted by Crippen LogP contribution is -2.40. The van der Waals surface area contributed by atoms with Gasteiger partial charge in [0.1, 0.15) is 5.69 Å². The minimum atomic E-state index is -0.504. The molecule has 130 valence electrons. The molecule has 0 aromatic carbocycles. The van der Waals surface area contributed by atoms with Gasteiger partial charge in [0.15, 0.2) is 5.54 Å². The molecule has 1 unspecified atom stereocenters. The number of carbonyl (C=O) groups is 1. The van der Waals surface area contributed by atoms with E-state index in [1.54, 1.807) is 4.68 Å². The summed E-state index contributed by atoms with van der Waals surface area (Å²) < 4.78 is 1.70. The van der Waals surface area contributed by atoms with E-state index in [4.69, 9.17) is 0 Å². The third kappa shape index (κ3) is 3.31. The average molecular weight is 329 g/mol. The van der Waals surface area contributed by atoms with Crippen molar-refractivity contribution < 1.29 is 4.79 Å². The molecular formula is C18H27N5O. The third-order valence-corrected chi connectivity index (χ3v) is 5.29. The number of carbonyl (C=O) groups excluding carboxylic acids is 1. The zero-order chi connectivity index (χ0) is 17.4. The van der Waals surface area contributed by atoms with Gasteiger partial charge in [-0.2, -0.15) is 5.26 Å². The predicted molar refractivity (Wildman–Crippen MR) is 89.8 cm³/mol. The highest BCUT2D eigenvalue weighted by molar-refractivity contribution is 5.81. The van der Waals surface area contributed by atoms with Crippen LogP contribution in [0.15, 0.2) is 6.20 Å². The standard InChI is InChI=1S/C18H27N5O/c1-17(2,3)16(24)20-15(13-7-5-4-6-8-13)14-11-23(22-21-14)18(12-19)9-10-18/h11,13,15H,4-10H2,1-3H3,(H,20,24). The Labute approximate surface area is 143 Å². The lowest BCUT2D eigenvalue weighted by Gasteiger charge is -2.31. The summed E-state index contributed by atoms with van der Waals surface area (Å²) in [6.45, 7) is 5.77. The Morgan fingerprint density at radius 3 is 2.58 bits per heavy atom. The first kappa shape index (κ1) is 16.9. The van der Waals surface area contributed by atoms with Crippen molar-refractivity contribution in [3.8, 4) is 6.07 Å². The predicted octanol–water partition coefficient (Wildman–Crippen LogP) is 3.07. The molecule has 2 aliphatic carbocycles. The Morgan fingerprint density at radius 2 is 2.04 bits per heavy atom. The number of hydrogen-bond donors (Lipinski definition) is 1. The van der Waals surface area contributed by atoms with Gasteiger partial charge < -0.3 is 5.32 Å². The summed E-state index contributed by atoms with van der Waals surface area (Å²) in [5, 5.41) is 21.1. The molecule has 0 spiro atoms. The van der Waals surface area contributed by atoms with Gasteiger partial charge in [0.05, 0.1) is 18.3 Å². The van der Waals surface area contributed by atoms with Crippen LogP contribution >= 0.6 is 0 Å². The molecule has 0 radical (unpaired) electrons. The fourth-order valence-corrected chi connectivity index (χ4v) is 3.40. The summed E-state index contributed by atoms with van der Waals surface area (Å²) in [6, 6.07) is 2.23. The fraction of sp³-hybridized carbons (Fsp3) is 0.778. The van der Waals surface area contributed by atoms with Crippen LogP contribution in [-0.2, 0) is 10.3 Å². The van der Waals surface area contributed by atoms with E-state index in [0.717, 1.165) is 31.4 Å². The van der Waals surface area contributed by atoms with Crippen molar-refractivity contribution in [2.24, 2.45) is 11.3 Å². The maximum atomic E-state index is 12.5. The van der Waals surface area contributed by atoms with Gasteiger partial charge in [0.2, 0.25) is 5.91 Å². The van der Waals surface area contributed by atoms with E-state index >= 15 is 0 Å². The number of hydrogen-bond acceptors (Lipinski definition) is 4. The first-order valence-electron chi connectivity index (χ1n) is 9.01. The van der Waals surface area contributed by atoms with Gasteiger partial charge in [0, 0.05) is 5.41 Å². The molecule has 3 rings (SSSR count). The van der Waals surface area contributed by atoms with Crippen LogP contribution in [0.5, 0.6) is 0 Å². The normalized spacial score (nSPS) is 21.8. The summed E-state index contributed by atoms with van der Waals surface area (Å²) in [6.07, 6.45) is 9.39. The van der Waals surface area contributed by atoms with Crippen molar-refractivity contribution in [2.45, 2.75) is 77.3 Å². The number of aromatic nitrogens is 3. The summed E-state index contributed by atoms with van der Waals surface area (Å²) in [5.41, 5.74) is -0.148. The number of nitrogens with one attached hydrogen (secondary N) is 1. The van der Waals surface area contributed by atoms with E-state index in [1.165, 1.54) is 19.3 Å². The molecular weight excluding hydrogens is 302 g/mol. The molecule has 0 bridgehead atoms. The molecule has 2 fully saturated rings. The monoisotopic (exact) mass is 329 g/mol. The van der Waals surface area contributed by atoms with Crippen LogP contribution in [0.4, 0.5) is 0 Å². The lowest BCUT2D eigenvalue weighted by molar-refractivity contribution is -0.129. The van der Waals surface area contributed by atoms with Gasteiger partial charge >= 0.3 is 0 Å². The van der Waals surface area contributed by atoms with Crippen molar-refractivity contribution in [3.05, 3.63) is 11.9 Å². The molecule has 1 heterocycles. The molecule has 6 nitrogen and oxygen atoms in total. The van der Waals surface area contributed by atoms with E-state index in [1.807, 2.05) is 27.0 Å². The Balaban J connectivity index is 1.84. The first-order chi connectivity index (χ1) is 11.4. The summed E-state index contributed by atoms with van der Waals surface area (Å²) in [4.78, 5) is 12.5. The molecule has 24 heavy (non-hydrogen) atoms. The van der Waals surface area contributed by atoms with Gasteiger partial charge in [-0.25, -0.2) is 4.68 Å². The number of rotatable bonds is 4. The highest BCUT2D eigenvalue weighted by Crippen LogP contribution is 2.43. The third-order valence-electron chi connectivity index (χ3n) is 5.29. The molecule has 1 aromatic rings. The van der Waals surface area contributed by atoms with Gasteiger partial charge in [0.25, 0.3) is 0 Å². The van der Waals surface area contributed by atoms with Crippen molar-refractivity contribution in [1.29, 1.82) is 5.26 Å². The zero-order valence-electron chi connectivity index (χ0n) is 14.9. The topological polar surface area (TPSA) is 83.6 Å². The molecule has 1 amide bonds. The van der Waals surface area contributed by atoms with Crippen LogP contribution < -0.4 is 5.32 Å². The SMILES string of the molecule is CC(C)(C)C(=O)NC(c1cn(C2(C#N)CC2)nn1)C1CCCCC1. The van der Waals surface area contributed by atoms with Gasteiger partial charge in [-0.1, -0.05) is 45.2 Å². The molecule has 2 aliphatic rings. The van der Waals surface area contributed by atoms with E-state index in [2.05, 4.69) is 21.7 Å². The van der Waals surface area contributed by atoms with Gasteiger partial charge in [-0.05, 0) is 31.6 Å². The lowest BCUT2D eigenvalue weighted by atomic mass is 9.82. The van der Waals surface area contributed by atoms with Crippen molar-refractivity contribution in [1.82, 2.24) is 20.3 Å². The number of nitrogens with zero attached hydrogens (tertiary/aromatic N) is 4. The molecule has 2 saturated carbocycles. The Bertz CT molecular complexity index is 641. The van der Waals surface area contributed by atoms with Crippen molar-refractivity contribution in [2.75, 3.05) is 0 Å². The first-order valence-corrected chi connectivity index (χ1v) is 9.01. The van der Waals surface area contributed by atoms with Crippen LogP contribution in [0, 0.1) is 22.7 Å². The van der Waals surface area contributed by atoms with E-state index in [0.29, 0.717) is 5.92 Å². The Hall–Kier alpha value is -1.90. The summed E-state index contributed by atoms with van der Waals surface area (Å²) in [5.74, 6) is 0.432. The Kier molecular flexibility index (Phi) is 4.37. The minimum absolute atomic E-state index is 0.0361. The van der Waals surface area contributed by atoms with E-state index in [-0.39, 0.29) is 11.9 Å². The van der Waals surface area contributed by atoms with Gasteiger partial charge in [-0.3, -0.25) is 4.79 Å². The average Bonchev–Trinajstić information content (AvgIpc) is 3.21. The van der Waals surface area contributed by atoms with Crippen LogP contribution in [-0.4, -0.2) is 20.9 Å². The minimum Gasteiger partial charge on any atom is -0.347 e. The van der Waals surface area contributed by atoms with Crippen LogP contribution in [0.2, 0.25) is 0 Å². The maximum absolute atomic E-state index is 12.5. The van der Waals surface area contributed by atoms with Crippen LogP contribution in [0.3, 0.4) is 0 Å². The van der Waals surface area contributed by atoms with E-state index < -0.39 is 11.0 Å². The van der Waals surface area contributed by atoms with E-state index in [9.17, 15) is 10.1 Å². The molecule has 0 saturated heterocycles. The van der Waals surface area contributed by atoms with Crippen molar-refractivity contribution in [3.63, 3.8) is 0 Å². The summed E-state index contributed by atoms with van der Waals surface area (Å²) >= 11 is 0. The molecule has 1 aromatic heterocycles. The fourth-order valence-electron chi connectivity index (χ4n) is 3.40. The molecule has 1 atom stereocenters. The largest absolute Gasteiger partial charge is 0.347 e. The quantitative estimate of drug-likeness (QED) is 0.920. The number of amides is 1. The summed E-state index contributed by atoms with van der Waals surface area (Å²) in [7, 11) is 0. The highest BCUT2D eigenvalue weighted by Gasteiger charge is 2.47. The van der Waals surface area contributed by atoms with Crippen LogP contribution in [0.25, 0.3) is 0 Å².